The van der Waals surface area contributed by atoms with Crippen LogP contribution in [0.4, 0.5) is 0 Å². The molecule has 0 spiro atoms. The van der Waals surface area contributed by atoms with E-state index in [2.05, 4.69) is 17.6 Å². The lowest BCUT2D eigenvalue weighted by Crippen LogP contribution is -2.50. The van der Waals surface area contributed by atoms with Crippen LogP contribution in [-0.2, 0) is 4.74 Å². The summed E-state index contributed by atoms with van der Waals surface area (Å²) in [6.45, 7) is 5.48. The van der Waals surface area contributed by atoms with E-state index in [1.165, 1.54) is 0 Å². The molecule has 5 heteroatoms. The molecule has 2 aliphatic rings. The van der Waals surface area contributed by atoms with Crippen LogP contribution in [0.5, 0.6) is 5.75 Å². The van der Waals surface area contributed by atoms with E-state index in [0.717, 1.165) is 44.7 Å². The molecule has 0 aliphatic carbocycles. The lowest BCUT2D eigenvalue weighted by molar-refractivity contribution is 0.0679. The van der Waals surface area contributed by atoms with Crippen molar-refractivity contribution < 1.29 is 14.3 Å². The van der Waals surface area contributed by atoms with Crippen molar-refractivity contribution in [2.24, 2.45) is 5.92 Å². The molecule has 0 radical (unpaired) electrons. The van der Waals surface area contributed by atoms with Gasteiger partial charge in [0.15, 0.2) is 0 Å². The first-order valence-electron chi connectivity index (χ1n) is 8.58. The Morgan fingerprint density at radius 2 is 2.17 bits per heavy atom. The van der Waals surface area contributed by atoms with Gasteiger partial charge in [0, 0.05) is 24.8 Å². The van der Waals surface area contributed by atoms with E-state index in [0.29, 0.717) is 18.1 Å². The van der Waals surface area contributed by atoms with Crippen LogP contribution in [0, 0.1) is 5.92 Å². The molecule has 5 nitrogen and oxygen atoms in total. The van der Waals surface area contributed by atoms with Crippen molar-refractivity contribution in [3.8, 4) is 5.75 Å². The van der Waals surface area contributed by atoms with Gasteiger partial charge < -0.3 is 20.1 Å². The predicted octanol–water partition coefficient (Wildman–Crippen LogP) is 1.97. The van der Waals surface area contributed by atoms with Crippen LogP contribution in [0.2, 0.25) is 0 Å². The molecule has 1 aromatic rings. The standard InChI is InChI=1S/C18H26N2O3/c1-13-8-9-19-11-17(13)20-18(21)14-4-6-15(7-5-14)23-12-16-3-2-10-22-16/h4-7,13,16-17,19H,2-3,8-12H2,1H3,(H,20,21). The fourth-order valence-corrected chi connectivity index (χ4v) is 3.10. The molecule has 2 N–H and O–H groups in total. The summed E-state index contributed by atoms with van der Waals surface area (Å²) >= 11 is 0. The molecule has 2 fully saturated rings. The van der Waals surface area contributed by atoms with Crippen molar-refractivity contribution in [1.82, 2.24) is 10.6 Å². The molecule has 2 aliphatic heterocycles. The van der Waals surface area contributed by atoms with Crippen LogP contribution >= 0.6 is 0 Å². The molecule has 23 heavy (non-hydrogen) atoms. The molecule has 1 amide bonds. The normalized spacial score (nSPS) is 27.6. The van der Waals surface area contributed by atoms with Gasteiger partial charge in [-0.2, -0.15) is 0 Å². The third-order valence-electron chi connectivity index (χ3n) is 4.72. The number of rotatable bonds is 5. The van der Waals surface area contributed by atoms with Crippen LogP contribution < -0.4 is 15.4 Å². The maximum atomic E-state index is 12.3. The first-order valence-corrected chi connectivity index (χ1v) is 8.58. The van der Waals surface area contributed by atoms with Gasteiger partial charge in [0.1, 0.15) is 12.4 Å². The fraction of sp³-hybridized carbons (Fsp3) is 0.611. The molecular weight excluding hydrogens is 292 g/mol. The summed E-state index contributed by atoms with van der Waals surface area (Å²) in [6.07, 6.45) is 3.48. The molecule has 3 rings (SSSR count). The zero-order valence-corrected chi connectivity index (χ0v) is 13.7. The van der Waals surface area contributed by atoms with Gasteiger partial charge >= 0.3 is 0 Å². The van der Waals surface area contributed by atoms with E-state index in [9.17, 15) is 4.79 Å². The first kappa shape index (κ1) is 16.3. The lowest BCUT2D eigenvalue weighted by atomic mass is 9.94. The molecule has 2 heterocycles. The SMILES string of the molecule is CC1CCNCC1NC(=O)c1ccc(OCC2CCCO2)cc1. The summed E-state index contributed by atoms with van der Waals surface area (Å²) in [5.41, 5.74) is 0.673. The van der Waals surface area contributed by atoms with E-state index in [4.69, 9.17) is 9.47 Å². The number of hydrogen-bond acceptors (Lipinski definition) is 4. The number of ether oxygens (including phenoxy) is 2. The lowest BCUT2D eigenvalue weighted by Gasteiger charge is -2.30. The van der Waals surface area contributed by atoms with Crippen LogP contribution in [0.25, 0.3) is 0 Å². The molecule has 3 unspecified atom stereocenters. The molecule has 126 valence electrons. The quantitative estimate of drug-likeness (QED) is 0.871. The second-order valence-corrected chi connectivity index (χ2v) is 6.52. The van der Waals surface area contributed by atoms with Crippen LogP contribution in [0.1, 0.15) is 36.5 Å². The molecule has 1 aromatic carbocycles. The second-order valence-electron chi connectivity index (χ2n) is 6.52. The average molecular weight is 318 g/mol. The van der Waals surface area contributed by atoms with E-state index in [1.54, 1.807) is 0 Å². The Hall–Kier alpha value is -1.59. The number of piperidine rings is 1. The molecular formula is C18H26N2O3. The first-order chi connectivity index (χ1) is 11.2. The number of nitrogens with one attached hydrogen (secondary N) is 2. The minimum absolute atomic E-state index is 0.0174. The summed E-state index contributed by atoms with van der Waals surface area (Å²) in [7, 11) is 0. The Morgan fingerprint density at radius 3 is 2.87 bits per heavy atom. The van der Waals surface area contributed by atoms with Gasteiger partial charge in [0.2, 0.25) is 0 Å². The Balaban J connectivity index is 1.50. The molecule has 0 aromatic heterocycles. The van der Waals surface area contributed by atoms with Gasteiger partial charge in [-0.05, 0) is 56.0 Å². The topological polar surface area (TPSA) is 59.6 Å². The maximum absolute atomic E-state index is 12.3. The smallest absolute Gasteiger partial charge is 0.251 e. The number of carbonyl (C=O) groups excluding carboxylic acids is 1. The van der Waals surface area contributed by atoms with E-state index in [1.807, 2.05) is 24.3 Å². The number of amides is 1. The molecule has 2 saturated heterocycles. The van der Waals surface area contributed by atoms with Crippen molar-refractivity contribution in [2.75, 3.05) is 26.3 Å². The largest absolute Gasteiger partial charge is 0.491 e. The van der Waals surface area contributed by atoms with Crippen molar-refractivity contribution in [3.05, 3.63) is 29.8 Å². The average Bonchev–Trinajstić information content (AvgIpc) is 3.09. The fourth-order valence-electron chi connectivity index (χ4n) is 3.10. The maximum Gasteiger partial charge on any atom is 0.251 e. The Kier molecular flexibility index (Phi) is 5.51. The zero-order chi connectivity index (χ0) is 16.1. The van der Waals surface area contributed by atoms with E-state index in [-0.39, 0.29) is 18.1 Å². The monoisotopic (exact) mass is 318 g/mol. The van der Waals surface area contributed by atoms with E-state index < -0.39 is 0 Å². The summed E-state index contributed by atoms with van der Waals surface area (Å²) in [5.74, 6) is 1.27. The summed E-state index contributed by atoms with van der Waals surface area (Å²) in [5, 5.41) is 6.45. The van der Waals surface area contributed by atoms with Gasteiger partial charge in [-0.15, -0.1) is 0 Å². The minimum atomic E-state index is -0.0174. The highest BCUT2D eigenvalue weighted by Crippen LogP contribution is 2.17. The number of carbonyl (C=O) groups is 1. The van der Waals surface area contributed by atoms with E-state index >= 15 is 0 Å². The van der Waals surface area contributed by atoms with Gasteiger partial charge in [-0.1, -0.05) is 6.92 Å². The second kappa shape index (κ2) is 7.79. The summed E-state index contributed by atoms with van der Waals surface area (Å²) < 4.78 is 11.3. The number of benzene rings is 1. The van der Waals surface area contributed by atoms with Crippen molar-refractivity contribution in [2.45, 2.75) is 38.3 Å². The van der Waals surface area contributed by atoms with Crippen molar-refractivity contribution >= 4 is 5.91 Å². The van der Waals surface area contributed by atoms with Gasteiger partial charge in [-0.3, -0.25) is 4.79 Å². The van der Waals surface area contributed by atoms with Gasteiger partial charge in [-0.25, -0.2) is 0 Å². The third-order valence-corrected chi connectivity index (χ3v) is 4.72. The molecule has 0 bridgehead atoms. The highest BCUT2D eigenvalue weighted by atomic mass is 16.5. The highest BCUT2D eigenvalue weighted by Gasteiger charge is 2.23. The highest BCUT2D eigenvalue weighted by molar-refractivity contribution is 5.94. The summed E-state index contributed by atoms with van der Waals surface area (Å²) in [4.78, 5) is 12.3. The van der Waals surface area contributed by atoms with Crippen LogP contribution in [0.3, 0.4) is 0 Å². The summed E-state index contributed by atoms with van der Waals surface area (Å²) in [6, 6.07) is 7.55. The van der Waals surface area contributed by atoms with Crippen molar-refractivity contribution in [1.29, 1.82) is 0 Å². The number of hydrogen-bond donors (Lipinski definition) is 2. The Labute approximate surface area is 137 Å². The minimum Gasteiger partial charge on any atom is -0.491 e. The molecule has 0 saturated carbocycles. The van der Waals surface area contributed by atoms with Crippen molar-refractivity contribution in [3.63, 3.8) is 0 Å². The van der Waals surface area contributed by atoms with Crippen LogP contribution in [0.15, 0.2) is 24.3 Å². The van der Waals surface area contributed by atoms with Gasteiger partial charge in [0.25, 0.3) is 5.91 Å². The van der Waals surface area contributed by atoms with Gasteiger partial charge in [0.05, 0.1) is 6.10 Å². The third kappa shape index (κ3) is 4.45. The molecule has 3 atom stereocenters. The predicted molar refractivity (Wildman–Crippen MR) is 88.8 cm³/mol. The van der Waals surface area contributed by atoms with Crippen LogP contribution in [-0.4, -0.2) is 44.4 Å². The Morgan fingerprint density at radius 1 is 1.35 bits per heavy atom. The Bertz CT molecular complexity index is 512. The zero-order valence-electron chi connectivity index (χ0n) is 13.7.